The fourth-order valence-corrected chi connectivity index (χ4v) is 2.97. The average Bonchev–Trinajstić information content (AvgIpc) is 2.76. The van der Waals surface area contributed by atoms with Gasteiger partial charge in [0, 0.05) is 22.0 Å². The number of hydrogen-bond donors (Lipinski definition) is 2. The molecule has 0 aromatic heterocycles. The van der Waals surface area contributed by atoms with Gasteiger partial charge in [-0.15, -0.1) is 0 Å². The van der Waals surface area contributed by atoms with Gasteiger partial charge in [0.15, 0.2) is 0 Å². The van der Waals surface area contributed by atoms with E-state index in [1.165, 1.54) is 24.3 Å². The largest absolute Gasteiger partial charge is 1.00 e. The molecule has 33 heavy (non-hydrogen) atoms. The summed E-state index contributed by atoms with van der Waals surface area (Å²) >= 11 is 5.74. The molecule has 164 valence electrons. The van der Waals surface area contributed by atoms with E-state index < -0.39 is 24.4 Å². The average molecular weight is 479 g/mol. The molecule has 0 saturated carbocycles. The topological polar surface area (TPSA) is 108 Å². The minimum Gasteiger partial charge on any atom is -0.545 e. The molecule has 0 aliphatic rings. The second kappa shape index (κ2) is 12.5. The molecule has 3 rings (SSSR count). The van der Waals surface area contributed by atoms with Gasteiger partial charge in [-0.2, -0.15) is 0 Å². The molecule has 2 amide bonds. The van der Waals surface area contributed by atoms with Crippen molar-refractivity contribution in [1.29, 1.82) is 0 Å². The summed E-state index contributed by atoms with van der Waals surface area (Å²) < 4.78 is 18.1. The Hall–Kier alpha value is -2.75. The van der Waals surface area contributed by atoms with Crippen molar-refractivity contribution >= 4 is 40.8 Å². The van der Waals surface area contributed by atoms with Crippen molar-refractivity contribution in [1.82, 2.24) is 0 Å². The van der Waals surface area contributed by atoms with Crippen LogP contribution in [0.5, 0.6) is 0 Å². The molecular formula is C23H17ClFN2NaO5. The van der Waals surface area contributed by atoms with Gasteiger partial charge in [-0.1, -0.05) is 35.9 Å². The third kappa shape index (κ3) is 7.96. The Morgan fingerprint density at radius 3 is 1.97 bits per heavy atom. The molecular weight excluding hydrogens is 462 g/mol. The summed E-state index contributed by atoms with van der Waals surface area (Å²) in [7, 11) is 0. The van der Waals surface area contributed by atoms with Crippen LogP contribution in [-0.4, -0.2) is 31.0 Å². The van der Waals surface area contributed by atoms with Crippen LogP contribution in [-0.2, 0) is 14.3 Å². The van der Waals surface area contributed by atoms with Gasteiger partial charge in [0.2, 0.25) is 11.8 Å². The summed E-state index contributed by atoms with van der Waals surface area (Å²) in [6, 6.07) is 16.9. The van der Waals surface area contributed by atoms with E-state index >= 15 is 0 Å². The zero-order valence-electron chi connectivity index (χ0n) is 17.6. The van der Waals surface area contributed by atoms with E-state index in [0.717, 1.165) is 17.2 Å². The molecule has 0 fully saturated rings. The van der Waals surface area contributed by atoms with E-state index in [1.54, 1.807) is 36.4 Å². The summed E-state index contributed by atoms with van der Waals surface area (Å²) in [5.41, 5.74) is 1.95. The van der Waals surface area contributed by atoms with E-state index in [2.05, 4.69) is 10.6 Å². The van der Waals surface area contributed by atoms with Crippen LogP contribution >= 0.6 is 11.6 Å². The normalized spacial score (nSPS) is 10.1. The molecule has 0 aliphatic heterocycles. The van der Waals surface area contributed by atoms with E-state index in [4.69, 9.17) is 16.3 Å². The van der Waals surface area contributed by atoms with E-state index in [-0.39, 0.29) is 58.3 Å². The summed E-state index contributed by atoms with van der Waals surface area (Å²) in [6.07, 6.45) is 0. The minimum atomic E-state index is -1.49. The number of carbonyl (C=O) groups is 3. The van der Waals surface area contributed by atoms with E-state index in [0.29, 0.717) is 5.69 Å². The van der Waals surface area contributed by atoms with Crippen LogP contribution in [0.15, 0.2) is 66.7 Å². The Kier molecular flexibility index (Phi) is 10.0. The minimum absolute atomic E-state index is 0. The predicted molar refractivity (Wildman–Crippen MR) is 116 cm³/mol. The van der Waals surface area contributed by atoms with Gasteiger partial charge in [-0.25, -0.2) is 4.39 Å². The maximum Gasteiger partial charge on any atom is 1.00 e. The first-order chi connectivity index (χ1) is 15.3. The van der Waals surface area contributed by atoms with Gasteiger partial charge < -0.3 is 25.3 Å². The Labute approximate surface area is 216 Å². The van der Waals surface area contributed by atoms with Gasteiger partial charge in [0.1, 0.15) is 19.0 Å². The third-order valence-corrected chi connectivity index (χ3v) is 4.52. The van der Waals surface area contributed by atoms with Crippen molar-refractivity contribution in [3.63, 3.8) is 0 Å². The molecule has 10 heteroatoms. The number of carboxylic acid groups (broad SMARTS) is 1. The van der Waals surface area contributed by atoms with Gasteiger partial charge in [0.05, 0.1) is 5.97 Å². The van der Waals surface area contributed by atoms with Crippen molar-refractivity contribution in [2.24, 2.45) is 0 Å². The number of carbonyl (C=O) groups excluding carboxylic acids is 3. The number of nitrogens with one attached hydrogen (secondary N) is 2. The number of rotatable bonds is 8. The predicted octanol–water partition coefficient (Wildman–Crippen LogP) is 0.107. The Bertz CT molecular complexity index is 1140. The number of hydrogen-bond acceptors (Lipinski definition) is 5. The molecule has 7 nitrogen and oxygen atoms in total. The van der Waals surface area contributed by atoms with Crippen LogP contribution in [0.3, 0.4) is 0 Å². The Morgan fingerprint density at radius 1 is 0.848 bits per heavy atom. The molecule has 2 N–H and O–H groups in total. The van der Waals surface area contributed by atoms with E-state index in [9.17, 15) is 23.9 Å². The number of carboxylic acids is 1. The van der Waals surface area contributed by atoms with Crippen LogP contribution in [0.4, 0.5) is 15.8 Å². The SMILES string of the molecule is O=C(COCC(=O)Nc1ccc(Cl)cc1C(=O)[O-])Nc1ccc(-c2ccc(F)cc2)cc1.[Na+]. The van der Waals surface area contributed by atoms with Crippen LogP contribution in [0.25, 0.3) is 11.1 Å². The zero-order valence-corrected chi connectivity index (χ0v) is 20.3. The van der Waals surface area contributed by atoms with Crippen LogP contribution in [0.2, 0.25) is 5.02 Å². The van der Waals surface area contributed by atoms with Crippen LogP contribution < -0.4 is 45.3 Å². The summed E-state index contributed by atoms with van der Waals surface area (Å²) in [5, 5.41) is 16.3. The maximum absolute atomic E-state index is 13.0. The number of aromatic carboxylic acids is 1. The number of amides is 2. The first-order valence-corrected chi connectivity index (χ1v) is 9.74. The summed E-state index contributed by atoms with van der Waals surface area (Å²) in [6.45, 7) is -0.854. The molecule has 0 aliphatic carbocycles. The van der Waals surface area contributed by atoms with E-state index in [1.807, 2.05) is 0 Å². The van der Waals surface area contributed by atoms with Gasteiger partial charge in [-0.05, 0) is 53.6 Å². The second-order valence-electron chi connectivity index (χ2n) is 6.65. The molecule has 3 aromatic rings. The first kappa shape index (κ1) is 26.5. The Morgan fingerprint density at radius 2 is 1.39 bits per heavy atom. The first-order valence-electron chi connectivity index (χ1n) is 9.36. The number of anilines is 2. The fourth-order valence-electron chi connectivity index (χ4n) is 2.80. The molecule has 0 bridgehead atoms. The second-order valence-corrected chi connectivity index (χ2v) is 7.09. The van der Waals surface area contributed by atoms with Crippen molar-refractivity contribution in [3.8, 4) is 11.1 Å². The molecule has 0 saturated heterocycles. The van der Waals surface area contributed by atoms with Crippen molar-refractivity contribution in [2.75, 3.05) is 23.8 Å². The molecule has 0 spiro atoms. The monoisotopic (exact) mass is 478 g/mol. The Balaban J connectivity index is 0.00000385. The van der Waals surface area contributed by atoms with Gasteiger partial charge in [0.25, 0.3) is 0 Å². The third-order valence-electron chi connectivity index (χ3n) is 4.29. The van der Waals surface area contributed by atoms with Crippen molar-refractivity contribution in [3.05, 3.63) is 83.1 Å². The molecule has 3 aromatic carbocycles. The summed E-state index contributed by atoms with van der Waals surface area (Å²) in [4.78, 5) is 35.1. The zero-order chi connectivity index (χ0) is 23.1. The van der Waals surface area contributed by atoms with Gasteiger partial charge >= 0.3 is 29.6 Å². The number of halogens is 2. The quantitative estimate of drug-likeness (QED) is 0.447. The molecule has 0 atom stereocenters. The molecule has 0 heterocycles. The summed E-state index contributed by atoms with van der Waals surface area (Å²) in [5.74, 6) is -2.94. The van der Waals surface area contributed by atoms with Crippen molar-refractivity contribution < 1.29 is 58.2 Å². The molecule has 0 unspecified atom stereocenters. The smallest absolute Gasteiger partial charge is 0.545 e. The van der Waals surface area contributed by atoms with Crippen LogP contribution in [0.1, 0.15) is 10.4 Å². The fraction of sp³-hybridized carbons (Fsp3) is 0.0870. The van der Waals surface area contributed by atoms with Crippen molar-refractivity contribution in [2.45, 2.75) is 0 Å². The molecule has 0 radical (unpaired) electrons. The van der Waals surface area contributed by atoms with Gasteiger partial charge in [-0.3, -0.25) is 9.59 Å². The standard InChI is InChI=1S/C23H18ClFN2O5.Na/c24-16-5-10-20(19(11-16)23(30)31)27-22(29)13-32-12-21(28)26-18-8-3-15(4-9-18)14-1-6-17(25)7-2-14;/h1-11H,12-13H2,(H,26,28)(H,27,29)(H,30,31);/q;+1/p-1. The maximum atomic E-state index is 13.0. The number of ether oxygens (including phenoxy) is 1. The number of benzene rings is 3. The van der Waals surface area contributed by atoms with Crippen LogP contribution in [0, 0.1) is 5.82 Å².